The Balaban J connectivity index is 0.000000119. The number of fused-ring (bicyclic) bond motifs is 6. The van der Waals surface area contributed by atoms with E-state index in [9.17, 15) is 24.6 Å². The molecule has 3 fully saturated rings. The summed E-state index contributed by atoms with van der Waals surface area (Å²) in [6.45, 7) is 8.91. The Bertz CT molecular complexity index is 5980. The molecule has 0 saturated carbocycles. The highest BCUT2D eigenvalue weighted by atomic mass is 16.3. The predicted molar refractivity (Wildman–Crippen MR) is 408 cm³/mol. The van der Waals surface area contributed by atoms with E-state index in [0.717, 1.165) is 150 Å². The van der Waals surface area contributed by atoms with Gasteiger partial charge in [0, 0.05) is 152 Å². The number of anilines is 3. The summed E-state index contributed by atoms with van der Waals surface area (Å²) in [6.07, 6.45) is 29.3. The number of hydrogen-bond donors (Lipinski definition) is 8. The van der Waals surface area contributed by atoms with E-state index in [0.29, 0.717) is 73.7 Å². The number of aliphatic hydroxyl groups excluding tert-OH is 2. The molecule has 3 amide bonds. The fourth-order valence-corrected chi connectivity index (χ4v) is 15.7. The van der Waals surface area contributed by atoms with E-state index in [1.54, 1.807) is 35.7 Å². The third-order valence-electron chi connectivity index (χ3n) is 21.3. The van der Waals surface area contributed by atoms with Crippen molar-refractivity contribution < 1.29 is 24.6 Å². The van der Waals surface area contributed by atoms with Gasteiger partial charge in [0.15, 0.2) is 16.9 Å². The van der Waals surface area contributed by atoms with Crippen LogP contribution < -0.4 is 17.2 Å². The zero-order valence-electron chi connectivity index (χ0n) is 59.5. The summed E-state index contributed by atoms with van der Waals surface area (Å²) in [5.74, 6) is 1.39. The molecule has 31 heteroatoms. The first-order valence-corrected chi connectivity index (χ1v) is 36.0. The van der Waals surface area contributed by atoms with Crippen LogP contribution in [0.25, 0.3) is 112 Å². The average Bonchev–Trinajstić information content (AvgIpc) is 1.59. The molecule has 3 aliphatic heterocycles. The smallest absolute Gasteiger partial charge is 0.291 e. The second-order valence-corrected chi connectivity index (χ2v) is 27.7. The normalized spacial score (nSPS) is 14.8. The van der Waals surface area contributed by atoms with Crippen LogP contribution in [-0.2, 0) is 9.59 Å². The van der Waals surface area contributed by atoms with Crippen LogP contribution in [0, 0.1) is 20.8 Å². The maximum Gasteiger partial charge on any atom is 0.291 e. The van der Waals surface area contributed by atoms with Gasteiger partial charge in [0.25, 0.3) is 5.91 Å². The summed E-state index contributed by atoms with van der Waals surface area (Å²) in [5, 5.41) is 41.2. The monoisotopic (exact) mass is 1450 g/mol. The van der Waals surface area contributed by atoms with Crippen molar-refractivity contribution in [2.24, 2.45) is 0 Å². The lowest BCUT2D eigenvalue weighted by molar-refractivity contribution is -0.136. The maximum atomic E-state index is 12.7. The van der Waals surface area contributed by atoms with Crippen molar-refractivity contribution in [1.29, 1.82) is 0 Å². The summed E-state index contributed by atoms with van der Waals surface area (Å²) in [4.78, 5) is 76.5. The second kappa shape index (κ2) is 28.0. The van der Waals surface area contributed by atoms with Crippen molar-refractivity contribution in [3.8, 4) is 61.8 Å². The van der Waals surface area contributed by atoms with Crippen LogP contribution in [0.5, 0.6) is 0 Å². The summed E-state index contributed by atoms with van der Waals surface area (Å²) >= 11 is 0. The molecule has 0 unspecified atom stereocenters. The quantitative estimate of drug-likeness (QED) is 0.0564. The molecule has 0 aliphatic carbocycles. The zero-order chi connectivity index (χ0) is 74.0. The molecule has 15 aromatic heterocycles. The van der Waals surface area contributed by atoms with Crippen molar-refractivity contribution in [3.05, 3.63) is 188 Å². The van der Waals surface area contributed by atoms with E-state index in [-0.39, 0.29) is 41.7 Å². The fraction of sp³-hybridized carbons (Fsp3) is 0.260. The van der Waals surface area contributed by atoms with Gasteiger partial charge >= 0.3 is 0 Å². The van der Waals surface area contributed by atoms with Crippen LogP contribution in [0.2, 0.25) is 0 Å². The highest BCUT2D eigenvalue weighted by molar-refractivity contribution is 5.97. The molecule has 31 nitrogen and oxygen atoms in total. The lowest BCUT2D eigenvalue weighted by atomic mass is 10.0. The molecule has 11 N–H and O–H groups in total. The SMILES string of the molecule is Cc1cn(C2CCN(C(=O)CO)CC2)c2nc3c(-c4ccc(-c5ccc[nH]5)nc4)cnn3c(N)c12.Cc1cn(C2CCN(C(=O)CO)CC2)c2nc3c(-c4ccn(-c5ccccc5)c4)cnn3c(N)c12.Cc1cn(C2CCN(C(=O)c3ncn[nH]3)CC2)c2nc3c(-c4ccc(-c5ccc[nH]5)nc4)cnn3c(N)c12. The number of aliphatic hydroxyl groups is 2. The topological polar surface area (TPSA) is 389 Å². The largest absolute Gasteiger partial charge is 0.387 e. The van der Waals surface area contributed by atoms with Gasteiger partial charge in [-0.25, -0.2) is 19.9 Å². The Morgan fingerprint density at radius 1 is 0.463 bits per heavy atom. The molecule has 3 saturated heterocycles. The van der Waals surface area contributed by atoms with Gasteiger partial charge in [-0.1, -0.05) is 30.3 Å². The number of likely N-dealkylation sites (tertiary alicyclic amines) is 3. The maximum absolute atomic E-state index is 12.7. The van der Waals surface area contributed by atoms with Crippen LogP contribution >= 0.6 is 0 Å². The van der Waals surface area contributed by atoms with Crippen molar-refractivity contribution in [2.75, 3.05) is 69.7 Å². The molecule has 19 rings (SSSR count). The van der Waals surface area contributed by atoms with Crippen molar-refractivity contribution in [1.82, 2.24) is 112 Å². The first-order valence-electron chi connectivity index (χ1n) is 36.0. The number of aryl methyl sites for hydroxylation is 3. The van der Waals surface area contributed by atoms with E-state index < -0.39 is 13.2 Å². The van der Waals surface area contributed by atoms with E-state index in [1.165, 1.54) is 6.33 Å². The van der Waals surface area contributed by atoms with Crippen LogP contribution in [-0.4, -0.2) is 192 Å². The number of aromatic nitrogens is 20. The summed E-state index contributed by atoms with van der Waals surface area (Å²) < 4.78 is 13.8. The lowest BCUT2D eigenvalue weighted by Crippen LogP contribution is -2.40. The molecule has 3 aliphatic rings. The van der Waals surface area contributed by atoms with E-state index >= 15 is 0 Å². The number of nitrogens with zero attached hydrogens (tertiary/aromatic N) is 20. The number of rotatable bonds is 12. The number of carbonyl (C=O) groups is 3. The summed E-state index contributed by atoms with van der Waals surface area (Å²) in [6, 6.07) is 28.7. The standard InChI is InChI=1S/C26H25N11O.C26H27N7O2.C25H26N8O2/c1-15-13-36(17-6-9-35(10-7-17)26(38)23-30-14-31-34-23)25-21(15)22(27)37-24(33-25)18(12-32-37)16-4-5-20(29-11-16)19-3-2-8-28-19;1-17-14-32(20-8-11-30(12-9-20)22(35)16-34)26-23(17)24(27)33-25(29-26)21(13-28-33)18-7-10-31(15-18)19-5-3-2-4-6-19;1-15-13-32(17-6-9-31(10-7-17)21(35)14-34)25-22(15)23(26)33-24(30-25)18(12-29-33)16-4-5-20(28-11-16)19-3-2-8-27-19/h2-5,8,11-14,17,28H,6-7,9-10,27H2,1H3,(H,30,31,34);2-7,10,13-15,20,34H,8-9,11-12,16,27H2,1H3;2-5,8,11-13,17,27,34H,6-7,9-10,14,26H2,1H3. The van der Waals surface area contributed by atoms with Crippen molar-refractivity contribution >= 4 is 85.2 Å². The number of hydrogen-bond acceptors (Lipinski definition) is 18. The van der Waals surface area contributed by atoms with Crippen LogP contribution in [0.15, 0.2) is 166 Å². The fourth-order valence-electron chi connectivity index (χ4n) is 15.7. The highest BCUT2D eigenvalue weighted by Crippen LogP contribution is 2.40. The number of pyridine rings is 2. The lowest BCUT2D eigenvalue weighted by Gasteiger charge is -2.32. The predicted octanol–water partition coefficient (Wildman–Crippen LogP) is 9.20. The van der Waals surface area contributed by atoms with Crippen LogP contribution in [0.4, 0.5) is 17.5 Å². The van der Waals surface area contributed by atoms with Gasteiger partial charge in [-0.15, -0.1) is 0 Å². The minimum Gasteiger partial charge on any atom is -0.387 e. The molecule has 546 valence electrons. The molecule has 0 atom stereocenters. The van der Waals surface area contributed by atoms with E-state index in [4.69, 9.17) is 32.2 Å². The molecule has 1 aromatic carbocycles. The number of carbonyl (C=O) groups excluding carboxylic acids is 3. The zero-order valence-corrected chi connectivity index (χ0v) is 59.5. The van der Waals surface area contributed by atoms with Gasteiger partial charge in [-0.05, 0) is 131 Å². The molecular formula is C77H78N26O5. The Hall–Kier alpha value is -13.3. The molecule has 18 heterocycles. The van der Waals surface area contributed by atoms with Crippen molar-refractivity contribution in [2.45, 2.75) is 77.4 Å². The minimum atomic E-state index is -0.447. The third kappa shape index (κ3) is 12.1. The average molecular weight is 1450 g/mol. The first kappa shape index (κ1) is 67.9. The number of benzene rings is 1. The molecule has 0 radical (unpaired) electrons. The van der Waals surface area contributed by atoms with Crippen molar-refractivity contribution in [3.63, 3.8) is 0 Å². The minimum absolute atomic E-state index is 0.127. The molecule has 16 aromatic rings. The van der Waals surface area contributed by atoms with Gasteiger partial charge in [0.1, 0.15) is 53.9 Å². The Morgan fingerprint density at radius 3 is 1.25 bits per heavy atom. The van der Waals surface area contributed by atoms with Gasteiger partial charge in [-0.3, -0.25) is 29.5 Å². The Morgan fingerprint density at radius 2 is 0.880 bits per heavy atom. The highest BCUT2D eigenvalue weighted by Gasteiger charge is 2.32. The molecule has 0 bridgehead atoms. The number of amides is 3. The Labute approximate surface area is 615 Å². The Kier molecular flexibility index (Phi) is 17.6. The number of nitrogens with one attached hydrogen (secondary N) is 3. The number of nitrogens with two attached hydrogens (primary N) is 3. The van der Waals surface area contributed by atoms with E-state index in [1.807, 2.05) is 130 Å². The number of para-hydroxylation sites is 1. The van der Waals surface area contributed by atoms with E-state index in [2.05, 4.69) is 112 Å². The second-order valence-electron chi connectivity index (χ2n) is 27.7. The van der Waals surface area contributed by atoms with Crippen LogP contribution in [0.3, 0.4) is 0 Å². The van der Waals surface area contributed by atoms with Gasteiger partial charge < -0.3 is 70.4 Å². The summed E-state index contributed by atoms with van der Waals surface area (Å²) in [7, 11) is 0. The number of nitrogen functional groups attached to an aromatic ring is 3. The number of H-pyrrole nitrogens is 3. The van der Waals surface area contributed by atoms with Crippen LogP contribution in [0.1, 0.15) is 84.0 Å². The number of piperidine rings is 3. The van der Waals surface area contributed by atoms with Gasteiger partial charge in [0.2, 0.25) is 17.6 Å². The molecular weight excluding hydrogens is 1370 g/mol. The van der Waals surface area contributed by atoms with Gasteiger partial charge in [0.05, 0.1) is 57.5 Å². The third-order valence-corrected chi connectivity index (χ3v) is 21.3. The number of aromatic amines is 3. The summed E-state index contributed by atoms with van der Waals surface area (Å²) in [5.41, 5.74) is 37.8. The molecule has 108 heavy (non-hydrogen) atoms. The first-order chi connectivity index (χ1) is 52.7. The van der Waals surface area contributed by atoms with Gasteiger partial charge in [-0.2, -0.15) is 33.9 Å². The molecule has 0 spiro atoms.